The number of hydrogen-bond acceptors (Lipinski definition) is 6. The van der Waals surface area contributed by atoms with Crippen LogP contribution < -0.4 is 14.9 Å². The van der Waals surface area contributed by atoms with E-state index in [-0.39, 0.29) is 11.5 Å². The topological polar surface area (TPSA) is 67.8 Å². The molecule has 0 saturated heterocycles. The maximum atomic E-state index is 13.8. The van der Waals surface area contributed by atoms with Crippen LogP contribution in [0.25, 0.3) is 6.08 Å². The number of fused-ring (bicyclic) bond motifs is 1. The highest BCUT2D eigenvalue weighted by atomic mass is 35.5. The van der Waals surface area contributed by atoms with Crippen molar-refractivity contribution in [2.45, 2.75) is 43.7 Å². The van der Waals surface area contributed by atoms with Gasteiger partial charge in [0.1, 0.15) is 5.76 Å². The summed E-state index contributed by atoms with van der Waals surface area (Å²) in [5, 5.41) is 1.32. The van der Waals surface area contributed by atoms with Crippen molar-refractivity contribution in [3.05, 3.63) is 114 Å². The summed E-state index contributed by atoms with van der Waals surface area (Å²) in [5.41, 5.74) is 2.87. The fraction of sp³-hybridized carbons (Fsp3) is 0.233. The van der Waals surface area contributed by atoms with Gasteiger partial charge in [0.05, 0.1) is 21.8 Å². The molecule has 0 aliphatic carbocycles. The van der Waals surface area contributed by atoms with Gasteiger partial charge in [-0.3, -0.25) is 14.2 Å². The van der Waals surface area contributed by atoms with Crippen molar-refractivity contribution in [1.29, 1.82) is 0 Å². The number of amides is 1. The van der Waals surface area contributed by atoms with Crippen LogP contribution in [0.5, 0.6) is 0 Å². The van der Waals surface area contributed by atoms with Crippen molar-refractivity contribution in [1.82, 2.24) is 9.47 Å². The predicted octanol–water partition coefficient (Wildman–Crippen LogP) is 5.81. The molecule has 0 fully saturated rings. The van der Waals surface area contributed by atoms with E-state index in [0.717, 1.165) is 15.6 Å². The average Bonchev–Trinajstić information content (AvgIpc) is 3.49. The number of rotatable bonds is 7. The molecule has 9 heteroatoms. The van der Waals surface area contributed by atoms with E-state index in [9.17, 15) is 9.59 Å². The number of likely N-dealkylation sites (N-methyl/N-ethyl adjacent to an activating group) is 1. The lowest BCUT2D eigenvalue weighted by Crippen LogP contribution is -2.43. The van der Waals surface area contributed by atoms with E-state index in [2.05, 4.69) is 31.2 Å². The van der Waals surface area contributed by atoms with Crippen molar-refractivity contribution >= 4 is 46.7 Å². The molecule has 4 aromatic rings. The lowest BCUT2D eigenvalue weighted by molar-refractivity contribution is -0.127. The SMILES string of the molecule is CCN(CC)C(=O)C1=C(C)N=c2s/c(=C/c3ccc(Sc4ccc(C)cc4)o3)c(=O)n2[C@@H]1c1ccc(Cl)cc1. The van der Waals surface area contributed by atoms with Crippen molar-refractivity contribution in [3.63, 3.8) is 0 Å². The molecule has 1 amide bonds. The van der Waals surface area contributed by atoms with Gasteiger partial charge in [-0.05, 0) is 69.7 Å². The molecule has 200 valence electrons. The minimum atomic E-state index is -0.613. The number of carbonyl (C=O) groups excluding carboxylic acids is 1. The van der Waals surface area contributed by atoms with Crippen LogP contribution in [-0.2, 0) is 4.79 Å². The second-order valence-corrected chi connectivity index (χ2v) is 11.7. The zero-order valence-electron chi connectivity index (χ0n) is 22.1. The largest absolute Gasteiger partial charge is 0.450 e. The second-order valence-electron chi connectivity index (χ2n) is 9.18. The van der Waals surface area contributed by atoms with Crippen LogP contribution in [0.2, 0.25) is 5.02 Å². The summed E-state index contributed by atoms with van der Waals surface area (Å²) in [6, 6.07) is 18.6. The highest BCUT2D eigenvalue weighted by Gasteiger charge is 2.34. The number of halogens is 1. The Morgan fingerprint density at radius 2 is 1.77 bits per heavy atom. The number of nitrogens with zero attached hydrogens (tertiary/aromatic N) is 3. The number of aryl methyl sites for hydroxylation is 1. The smallest absolute Gasteiger partial charge is 0.271 e. The first kappa shape index (κ1) is 27.2. The van der Waals surface area contributed by atoms with E-state index in [4.69, 9.17) is 21.0 Å². The number of hydrogen-bond donors (Lipinski definition) is 0. The normalized spacial score (nSPS) is 15.3. The monoisotopic (exact) mass is 577 g/mol. The number of aromatic nitrogens is 1. The van der Waals surface area contributed by atoms with Crippen LogP contribution in [0.4, 0.5) is 0 Å². The van der Waals surface area contributed by atoms with E-state index in [1.54, 1.807) is 27.7 Å². The molecule has 6 nitrogen and oxygen atoms in total. The minimum Gasteiger partial charge on any atom is -0.450 e. The molecule has 0 unspecified atom stereocenters. The number of furan rings is 1. The summed E-state index contributed by atoms with van der Waals surface area (Å²) >= 11 is 8.98. The highest BCUT2D eigenvalue weighted by Crippen LogP contribution is 2.32. The van der Waals surface area contributed by atoms with E-state index >= 15 is 0 Å². The van der Waals surface area contributed by atoms with Crippen molar-refractivity contribution in [2.24, 2.45) is 4.99 Å². The van der Waals surface area contributed by atoms with Gasteiger partial charge < -0.3 is 9.32 Å². The molecule has 3 heterocycles. The van der Waals surface area contributed by atoms with Gasteiger partial charge in [0.25, 0.3) is 11.5 Å². The Labute approximate surface area is 240 Å². The third kappa shape index (κ3) is 5.55. The Morgan fingerprint density at radius 3 is 2.44 bits per heavy atom. The predicted molar refractivity (Wildman–Crippen MR) is 157 cm³/mol. The molecule has 0 radical (unpaired) electrons. The van der Waals surface area contributed by atoms with Gasteiger partial charge in [0, 0.05) is 29.1 Å². The summed E-state index contributed by atoms with van der Waals surface area (Å²) in [5.74, 6) is 0.451. The number of carbonyl (C=O) groups is 1. The lowest BCUT2D eigenvalue weighted by Gasteiger charge is -2.29. The van der Waals surface area contributed by atoms with Crippen LogP contribution in [0.15, 0.2) is 96.1 Å². The van der Waals surface area contributed by atoms with Crippen molar-refractivity contribution < 1.29 is 9.21 Å². The van der Waals surface area contributed by atoms with Crippen LogP contribution in [0.3, 0.4) is 0 Å². The third-order valence-corrected chi connectivity index (χ3v) is 8.77. The molecular weight excluding hydrogens is 550 g/mol. The van der Waals surface area contributed by atoms with Crippen molar-refractivity contribution in [2.75, 3.05) is 13.1 Å². The zero-order chi connectivity index (χ0) is 27.7. The maximum Gasteiger partial charge on any atom is 0.271 e. The minimum absolute atomic E-state index is 0.126. The third-order valence-electron chi connectivity index (χ3n) is 6.60. The van der Waals surface area contributed by atoms with E-state index in [1.807, 2.05) is 45.0 Å². The van der Waals surface area contributed by atoms with Crippen LogP contribution >= 0.6 is 34.7 Å². The number of allylic oxidation sites excluding steroid dienone is 1. The standard InChI is InChI=1S/C30H28ClN3O3S2/c1-5-33(6-2)29(36)26-19(4)32-30-34(27(26)20-9-11-21(31)12-10-20)28(35)24(39-30)17-22-13-16-25(37-22)38-23-14-7-18(3)8-15-23/h7-17,27H,5-6H2,1-4H3/b24-17+/t27-/m1/s1. The molecule has 1 atom stereocenters. The Bertz CT molecular complexity index is 1730. The molecule has 2 aromatic carbocycles. The molecule has 2 aromatic heterocycles. The van der Waals surface area contributed by atoms with Gasteiger partial charge in [-0.1, -0.05) is 64.5 Å². The van der Waals surface area contributed by atoms with Gasteiger partial charge in [-0.15, -0.1) is 0 Å². The van der Waals surface area contributed by atoms with E-state index in [1.165, 1.54) is 28.7 Å². The summed E-state index contributed by atoms with van der Waals surface area (Å²) < 4.78 is 8.13. The molecule has 0 saturated carbocycles. The first-order valence-electron chi connectivity index (χ1n) is 12.7. The summed E-state index contributed by atoms with van der Waals surface area (Å²) in [6.45, 7) is 8.89. The number of benzene rings is 2. The van der Waals surface area contributed by atoms with E-state index in [0.29, 0.717) is 44.5 Å². The lowest BCUT2D eigenvalue weighted by atomic mass is 9.94. The van der Waals surface area contributed by atoms with Gasteiger partial charge >= 0.3 is 0 Å². The summed E-state index contributed by atoms with van der Waals surface area (Å²) in [6.07, 6.45) is 1.74. The fourth-order valence-corrected chi connectivity index (χ4v) is 6.49. The maximum absolute atomic E-state index is 13.8. The van der Waals surface area contributed by atoms with Crippen LogP contribution in [0.1, 0.15) is 43.7 Å². The number of thiazole rings is 1. The molecule has 5 rings (SSSR count). The Kier molecular flexibility index (Phi) is 7.98. The molecule has 0 N–H and O–H groups in total. The van der Waals surface area contributed by atoms with E-state index < -0.39 is 6.04 Å². The Balaban J connectivity index is 1.58. The summed E-state index contributed by atoms with van der Waals surface area (Å²) in [4.78, 5) is 35.6. The van der Waals surface area contributed by atoms with Gasteiger partial charge in [0.2, 0.25) is 0 Å². The van der Waals surface area contributed by atoms with Gasteiger partial charge in [-0.25, -0.2) is 4.99 Å². The molecular formula is C30H28ClN3O3S2. The van der Waals surface area contributed by atoms with Crippen LogP contribution in [-0.4, -0.2) is 28.5 Å². The molecule has 1 aliphatic heterocycles. The zero-order valence-corrected chi connectivity index (χ0v) is 24.5. The first-order valence-corrected chi connectivity index (χ1v) is 14.7. The fourth-order valence-electron chi connectivity index (χ4n) is 4.56. The molecule has 39 heavy (non-hydrogen) atoms. The highest BCUT2D eigenvalue weighted by molar-refractivity contribution is 7.99. The molecule has 0 spiro atoms. The van der Waals surface area contributed by atoms with Gasteiger partial charge in [-0.2, -0.15) is 0 Å². The van der Waals surface area contributed by atoms with Gasteiger partial charge in [0.15, 0.2) is 9.89 Å². The molecule has 0 bridgehead atoms. The average molecular weight is 578 g/mol. The first-order chi connectivity index (χ1) is 18.8. The Hall–Kier alpha value is -3.33. The molecule has 1 aliphatic rings. The van der Waals surface area contributed by atoms with Crippen LogP contribution in [0, 0.1) is 6.92 Å². The summed E-state index contributed by atoms with van der Waals surface area (Å²) in [7, 11) is 0. The quantitative estimate of drug-likeness (QED) is 0.278. The second kappa shape index (κ2) is 11.4. The van der Waals surface area contributed by atoms with Crippen molar-refractivity contribution in [3.8, 4) is 0 Å². The Morgan fingerprint density at radius 1 is 1.08 bits per heavy atom.